The number of hydrogen-bond acceptors (Lipinski definition) is 7. The predicted molar refractivity (Wildman–Crippen MR) is 160 cm³/mol. The van der Waals surface area contributed by atoms with E-state index in [1.54, 1.807) is 4.90 Å². The van der Waals surface area contributed by atoms with E-state index in [1.165, 1.54) is 51.2 Å². The minimum Gasteiger partial charge on any atom is -0.465 e. The molecule has 9 nitrogen and oxygen atoms in total. The van der Waals surface area contributed by atoms with Crippen molar-refractivity contribution in [1.82, 2.24) is 19.9 Å². The second-order valence-corrected chi connectivity index (χ2v) is 11.4. The quantitative estimate of drug-likeness (QED) is 0.352. The maximum atomic E-state index is 13.7. The highest BCUT2D eigenvalue weighted by Crippen LogP contribution is 2.40. The van der Waals surface area contributed by atoms with Gasteiger partial charge in [0.15, 0.2) is 0 Å². The predicted octanol–water partition coefficient (Wildman–Crippen LogP) is 6.33. The standard InChI is InChI=1S/C28H31F3N6.C3H7NO2/c29-28(30,31)23-5-4-14-32-26(23)36-17-12-22-24(13-18-36)34-27(37-15-2-1-3-16-37)35-25(22)33-21-10-8-20(9-11-21)19-6-7-19;1-4(2)3(5)6/h4-5,8-11,14,19H,1-3,6-7,12-13,15-18H2,(H,33,34,35);1-2H3,(H,5,6). The monoisotopic (exact) mass is 597 g/mol. The summed E-state index contributed by atoms with van der Waals surface area (Å²) < 4.78 is 41.1. The fourth-order valence-corrected chi connectivity index (χ4v) is 5.40. The summed E-state index contributed by atoms with van der Waals surface area (Å²) in [6, 6.07) is 11.0. The minimum atomic E-state index is -4.46. The average Bonchev–Trinajstić information content (AvgIpc) is 3.86. The fourth-order valence-electron chi connectivity index (χ4n) is 5.40. The lowest BCUT2D eigenvalue weighted by Crippen LogP contribution is -2.31. The van der Waals surface area contributed by atoms with Crippen LogP contribution in [-0.2, 0) is 19.0 Å². The molecule has 0 atom stereocenters. The molecule has 4 heterocycles. The number of nitrogens with zero attached hydrogens (tertiary/aromatic N) is 6. The van der Waals surface area contributed by atoms with E-state index >= 15 is 0 Å². The third kappa shape index (κ3) is 7.66. The van der Waals surface area contributed by atoms with Gasteiger partial charge >= 0.3 is 12.3 Å². The molecule has 0 radical (unpaired) electrons. The van der Waals surface area contributed by atoms with E-state index < -0.39 is 17.8 Å². The van der Waals surface area contributed by atoms with Gasteiger partial charge in [0.1, 0.15) is 11.6 Å². The number of anilines is 4. The van der Waals surface area contributed by atoms with E-state index in [1.807, 2.05) is 0 Å². The average molecular weight is 598 g/mol. The Labute approximate surface area is 249 Å². The van der Waals surface area contributed by atoms with Gasteiger partial charge in [-0.25, -0.2) is 14.8 Å². The van der Waals surface area contributed by atoms with Gasteiger partial charge in [0, 0.05) is 64.1 Å². The number of carboxylic acid groups (broad SMARTS) is 1. The molecule has 3 aromatic rings. The number of alkyl halides is 3. The van der Waals surface area contributed by atoms with Gasteiger partial charge in [-0.1, -0.05) is 12.1 Å². The molecule has 0 bridgehead atoms. The van der Waals surface area contributed by atoms with Crippen LogP contribution in [0.2, 0.25) is 0 Å². The van der Waals surface area contributed by atoms with Gasteiger partial charge in [-0.05, 0) is 74.3 Å². The minimum absolute atomic E-state index is 0.0165. The second-order valence-electron chi connectivity index (χ2n) is 11.4. The van der Waals surface area contributed by atoms with Crippen LogP contribution in [0.5, 0.6) is 0 Å². The van der Waals surface area contributed by atoms with Crippen LogP contribution in [0.1, 0.15) is 60.4 Å². The zero-order valence-electron chi connectivity index (χ0n) is 24.6. The van der Waals surface area contributed by atoms with Crippen molar-refractivity contribution in [3.63, 3.8) is 0 Å². The third-order valence-electron chi connectivity index (χ3n) is 7.97. The molecule has 2 N–H and O–H groups in total. The van der Waals surface area contributed by atoms with Crippen LogP contribution in [0.15, 0.2) is 42.6 Å². The Morgan fingerprint density at radius 3 is 2.26 bits per heavy atom. The summed E-state index contributed by atoms with van der Waals surface area (Å²) in [7, 11) is 2.95. The first-order chi connectivity index (χ1) is 20.6. The third-order valence-corrected chi connectivity index (χ3v) is 7.97. The van der Waals surface area contributed by atoms with Crippen molar-refractivity contribution in [3.05, 3.63) is 65.0 Å². The Morgan fingerprint density at radius 2 is 1.63 bits per heavy atom. The number of rotatable bonds is 5. The molecule has 0 unspecified atom stereocenters. The van der Waals surface area contributed by atoms with Crippen LogP contribution in [0, 0.1) is 0 Å². The van der Waals surface area contributed by atoms with E-state index in [9.17, 15) is 18.0 Å². The van der Waals surface area contributed by atoms with E-state index in [4.69, 9.17) is 15.1 Å². The number of piperidine rings is 1. The molecule has 1 saturated heterocycles. The first kappa shape index (κ1) is 30.4. The van der Waals surface area contributed by atoms with Crippen LogP contribution < -0.4 is 15.1 Å². The summed E-state index contributed by atoms with van der Waals surface area (Å²) in [4.78, 5) is 28.7. The smallest absolute Gasteiger partial charge is 0.419 e. The van der Waals surface area contributed by atoms with Crippen molar-refractivity contribution in [2.45, 2.75) is 57.0 Å². The van der Waals surface area contributed by atoms with Gasteiger partial charge in [-0.3, -0.25) is 0 Å². The fraction of sp³-hybridized carbons (Fsp3) is 0.484. The number of halogens is 3. The molecule has 2 fully saturated rings. The zero-order chi connectivity index (χ0) is 30.6. The molecule has 1 amide bonds. The first-order valence-electron chi connectivity index (χ1n) is 14.8. The van der Waals surface area contributed by atoms with Crippen molar-refractivity contribution in [2.75, 3.05) is 55.4 Å². The Balaban J connectivity index is 0.000000559. The second kappa shape index (κ2) is 13.0. The van der Waals surface area contributed by atoms with E-state index in [0.717, 1.165) is 59.7 Å². The van der Waals surface area contributed by atoms with Gasteiger partial charge in [0.05, 0.1) is 11.3 Å². The number of fused-ring (bicyclic) bond motifs is 1. The van der Waals surface area contributed by atoms with Gasteiger partial charge in [0.25, 0.3) is 0 Å². The molecule has 1 saturated carbocycles. The van der Waals surface area contributed by atoms with Crippen molar-refractivity contribution in [1.29, 1.82) is 0 Å². The van der Waals surface area contributed by atoms with Crippen molar-refractivity contribution < 1.29 is 23.1 Å². The van der Waals surface area contributed by atoms with Gasteiger partial charge in [0.2, 0.25) is 5.95 Å². The lowest BCUT2D eigenvalue weighted by Gasteiger charge is -2.28. The van der Waals surface area contributed by atoms with Gasteiger partial charge in [-0.15, -0.1) is 0 Å². The molecule has 43 heavy (non-hydrogen) atoms. The summed E-state index contributed by atoms with van der Waals surface area (Å²) in [5.74, 6) is 2.13. The highest BCUT2D eigenvalue weighted by atomic mass is 19.4. The number of nitrogens with one attached hydrogen (secondary N) is 1. The number of carbonyl (C=O) groups is 1. The molecule has 6 rings (SSSR count). The molecular formula is C31H38F3N7O2. The SMILES string of the molecule is CN(C)C(=O)O.FC(F)(F)c1cccnc1N1CCc2nc(N3CCCCC3)nc(Nc3ccc(C4CC4)cc3)c2CC1. The maximum Gasteiger partial charge on any atom is 0.419 e. The maximum absolute atomic E-state index is 13.7. The molecule has 230 valence electrons. The Morgan fingerprint density at radius 1 is 0.953 bits per heavy atom. The van der Waals surface area contributed by atoms with Crippen LogP contribution in [0.4, 0.5) is 41.2 Å². The van der Waals surface area contributed by atoms with E-state index in [-0.39, 0.29) is 5.82 Å². The summed E-state index contributed by atoms with van der Waals surface area (Å²) in [5.41, 5.74) is 3.50. The summed E-state index contributed by atoms with van der Waals surface area (Å²) in [5, 5.41) is 11.4. The van der Waals surface area contributed by atoms with Crippen molar-refractivity contribution in [2.24, 2.45) is 0 Å². The molecule has 1 aliphatic carbocycles. The topological polar surface area (TPSA) is 97.7 Å². The number of aromatic nitrogens is 3. The summed E-state index contributed by atoms with van der Waals surface area (Å²) >= 11 is 0. The molecule has 0 spiro atoms. The lowest BCUT2D eigenvalue weighted by atomic mass is 10.1. The van der Waals surface area contributed by atoms with Crippen LogP contribution in [-0.4, -0.2) is 71.3 Å². The van der Waals surface area contributed by atoms with Gasteiger partial charge in [-0.2, -0.15) is 18.2 Å². The summed E-state index contributed by atoms with van der Waals surface area (Å²) in [6.45, 7) is 2.67. The number of benzene rings is 1. The van der Waals surface area contributed by atoms with Gasteiger partial charge < -0.3 is 25.1 Å². The van der Waals surface area contributed by atoms with E-state index in [0.29, 0.717) is 37.8 Å². The zero-order valence-corrected chi connectivity index (χ0v) is 24.6. The first-order valence-corrected chi connectivity index (χ1v) is 14.8. The molecular weight excluding hydrogens is 559 g/mol. The van der Waals surface area contributed by atoms with E-state index in [2.05, 4.69) is 39.5 Å². The van der Waals surface area contributed by atoms with Crippen LogP contribution in [0.25, 0.3) is 0 Å². The number of pyridine rings is 1. The van der Waals surface area contributed by atoms with Crippen LogP contribution in [0.3, 0.4) is 0 Å². The number of amides is 1. The lowest BCUT2D eigenvalue weighted by molar-refractivity contribution is -0.137. The highest BCUT2D eigenvalue weighted by molar-refractivity contribution is 5.64. The van der Waals surface area contributed by atoms with Crippen molar-refractivity contribution in [3.8, 4) is 0 Å². The molecule has 1 aromatic carbocycles. The molecule has 2 aromatic heterocycles. The number of hydrogen-bond donors (Lipinski definition) is 2. The molecule has 3 aliphatic rings. The molecule has 12 heteroatoms. The van der Waals surface area contributed by atoms with Crippen LogP contribution >= 0.6 is 0 Å². The van der Waals surface area contributed by atoms with Crippen molar-refractivity contribution >= 4 is 29.4 Å². The Kier molecular flexibility index (Phi) is 9.22. The highest BCUT2D eigenvalue weighted by Gasteiger charge is 2.36. The molecule has 2 aliphatic heterocycles. The summed E-state index contributed by atoms with van der Waals surface area (Å²) in [6.07, 6.45) is 3.07. The Hall–Kier alpha value is -4.09. The largest absolute Gasteiger partial charge is 0.465 e. The normalized spacial score (nSPS) is 16.9. The Bertz CT molecular complexity index is 1410.